The first-order valence-electron chi connectivity index (χ1n) is 5.13. The molecule has 0 nitrogen and oxygen atoms in total. The number of hydrogen-bond acceptors (Lipinski definition) is 0. The van der Waals surface area contributed by atoms with Gasteiger partial charge >= 0.3 is 0 Å². The highest BCUT2D eigenvalue weighted by Gasteiger charge is 2.17. The maximum absolute atomic E-state index is 3.61. The van der Waals surface area contributed by atoms with Crippen molar-refractivity contribution in [2.24, 2.45) is 0 Å². The second-order valence-corrected chi connectivity index (χ2v) is 6.46. The number of alkyl halides is 1. The highest BCUT2D eigenvalue weighted by atomic mass is 79.9. The van der Waals surface area contributed by atoms with Crippen molar-refractivity contribution in [3.05, 3.63) is 35.4 Å². The third-order valence-corrected chi connectivity index (χ3v) is 2.65. The minimum Gasteiger partial charge on any atom is -0.0890 e. The zero-order valence-corrected chi connectivity index (χ0v) is 11.1. The highest BCUT2D eigenvalue weighted by Crippen LogP contribution is 2.27. The first-order chi connectivity index (χ1) is 6.41. The molecule has 0 aliphatic rings. The van der Waals surface area contributed by atoms with Crippen LogP contribution in [0.5, 0.6) is 0 Å². The average Bonchev–Trinajstić information content (AvgIpc) is 2.01. The Hall–Kier alpha value is -0.300. The maximum Gasteiger partial charge on any atom is 0.0158 e. The van der Waals surface area contributed by atoms with E-state index in [4.69, 9.17) is 0 Å². The fourth-order valence-electron chi connectivity index (χ4n) is 1.73. The van der Waals surface area contributed by atoms with Crippen LogP contribution in [-0.4, -0.2) is 4.83 Å². The zero-order chi connectivity index (χ0) is 10.8. The van der Waals surface area contributed by atoms with E-state index in [1.807, 2.05) is 0 Å². The van der Waals surface area contributed by atoms with Crippen molar-refractivity contribution in [1.82, 2.24) is 0 Å². The fourth-order valence-corrected chi connectivity index (χ4v) is 2.08. The SMILES string of the molecule is CC(Br)Cc1ccccc1C(C)(C)C. The molecule has 14 heavy (non-hydrogen) atoms. The van der Waals surface area contributed by atoms with Gasteiger partial charge in [0.1, 0.15) is 0 Å². The molecular weight excluding hydrogens is 236 g/mol. The van der Waals surface area contributed by atoms with E-state index in [9.17, 15) is 0 Å². The van der Waals surface area contributed by atoms with Crippen LogP contribution in [-0.2, 0) is 11.8 Å². The Balaban J connectivity index is 3.04. The van der Waals surface area contributed by atoms with Gasteiger partial charge in [-0.1, -0.05) is 67.9 Å². The lowest BCUT2D eigenvalue weighted by Crippen LogP contribution is -2.15. The molecule has 0 spiro atoms. The molecule has 0 amide bonds. The van der Waals surface area contributed by atoms with Gasteiger partial charge in [-0.15, -0.1) is 0 Å². The number of benzene rings is 1. The fraction of sp³-hybridized carbons (Fsp3) is 0.538. The summed E-state index contributed by atoms with van der Waals surface area (Å²) in [5.41, 5.74) is 3.18. The van der Waals surface area contributed by atoms with Gasteiger partial charge in [0.15, 0.2) is 0 Å². The van der Waals surface area contributed by atoms with E-state index in [0.29, 0.717) is 4.83 Å². The molecule has 0 bridgehead atoms. The third-order valence-electron chi connectivity index (χ3n) is 2.33. The predicted octanol–water partition coefficient (Wildman–Crippen LogP) is 4.31. The maximum atomic E-state index is 3.61. The van der Waals surface area contributed by atoms with Gasteiger partial charge in [0.2, 0.25) is 0 Å². The molecule has 0 radical (unpaired) electrons. The number of hydrogen-bond donors (Lipinski definition) is 0. The molecule has 78 valence electrons. The summed E-state index contributed by atoms with van der Waals surface area (Å²) in [6.45, 7) is 9.00. The Morgan fingerprint density at radius 3 is 2.29 bits per heavy atom. The Labute approximate surface area is 95.9 Å². The second kappa shape index (κ2) is 4.48. The van der Waals surface area contributed by atoms with Gasteiger partial charge in [0.05, 0.1) is 0 Å². The van der Waals surface area contributed by atoms with Crippen LogP contribution in [0.4, 0.5) is 0 Å². The molecule has 1 aromatic carbocycles. The van der Waals surface area contributed by atoms with Gasteiger partial charge in [0, 0.05) is 4.83 Å². The molecule has 0 saturated heterocycles. The molecule has 0 heterocycles. The van der Waals surface area contributed by atoms with Crippen molar-refractivity contribution in [1.29, 1.82) is 0 Å². The van der Waals surface area contributed by atoms with Crippen LogP contribution in [0, 0.1) is 0 Å². The molecule has 0 aromatic heterocycles. The molecule has 1 aromatic rings. The van der Waals surface area contributed by atoms with E-state index in [1.165, 1.54) is 11.1 Å². The van der Waals surface area contributed by atoms with E-state index in [-0.39, 0.29) is 5.41 Å². The summed E-state index contributed by atoms with van der Waals surface area (Å²) >= 11 is 3.61. The summed E-state index contributed by atoms with van der Waals surface area (Å²) in [6.07, 6.45) is 1.10. The third kappa shape index (κ3) is 3.13. The zero-order valence-electron chi connectivity index (χ0n) is 9.47. The van der Waals surface area contributed by atoms with Crippen molar-refractivity contribution in [2.75, 3.05) is 0 Å². The van der Waals surface area contributed by atoms with Crippen molar-refractivity contribution in [3.63, 3.8) is 0 Å². The van der Waals surface area contributed by atoms with Crippen LogP contribution >= 0.6 is 15.9 Å². The normalized spacial score (nSPS) is 14.1. The minimum atomic E-state index is 0.248. The molecule has 1 atom stereocenters. The van der Waals surface area contributed by atoms with Gasteiger partial charge in [-0.2, -0.15) is 0 Å². The smallest absolute Gasteiger partial charge is 0.0158 e. The van der Waals surface area contributed by atoms with Gasteiger partial charge in [-0.3, -0.25) is 0 Å². The van der Waals surface area contributed by atoms with E-state index >= 15 is 0 Å². The first kappa shape index (κ1) is 11.8. The molecule has 0 N–H and O–H groups in total. The quantitative estimate of drug-likeness (QED) is 0.691. The van der Waals surface area contributed by atoms with Gasteiger partial charge in [-0.05, 0) is 23.0 Å². The van der Waals surface area contributed by atoms with Crippen molar-refractivity contribution in [3.8, 4) is 0 Å². The van der Waals surface area contributed by atoms with E-state index < -0.39 is 0 Å². The monoisotopic (exact) mass is 254 g/mol. The van der Waals surface area contributed by atoms with Crippen molar-refractivity contribution >= 4 is 15.9 Å². The molecule has 0 fully saturated rings. The molecule has 1 unspecified atom stereocenters. The lowest BCUT2D eigenvalue weighted by molar-refractivity contribution is 0.582. The lowest BCUT2D eigenvalue weighted by atomic mass is 9.83. The summed E-state index contributed by atoms with van der Waals surface area (Å²) in [6, 6.07) is 8.73. The highest BCUT2D eigenvalue weighted by molar-refractivity contribution is 9.09. The van der Waals surface area contributed by atoms with Gasteiger partial charge in [-0.25, -0.2) is 0 Å². The van der Waals surface area contributed by atoms with Crippen molar-refractivity contribution in [2.45, 2.75) is 44.4 Å². The minimum absolute atomic E-state index is 0.248. The largest absolute Gasteiger partial charge is 0.0890 e. The Morgan fingerprint density at radius 1 is 1.21 bits per heavy atom. The lowest BCUT2D eigenvalue weighted by Gasteiger charge is -2.23. The first-order valence-corrected chi connectivity index (χ1v) is 6.05. The van der Waals surface area contributed by atoms with Crippen LogP contribution in [0.25, 0.3) is 0 Å². The average molecular weight is 255 g/mol. The van der Waals surface area contributed by atoms with E-state index in [1.54, 1.807) is 0 Å². The van der Waals surface area contributed by atoms with Gasteiger partial charge < -0.3 is 0 Å². The van der Waals surface area contributed by atoms with E-state index in [0.717, 1.165) is 6.42 Å². The van der Waals surface area contributed by atoms with Crippen LogP contribution in [0.15, 0.2) is 24.3 Å². The Bertz CT molecular complexity index is 294. The molecule has 0 aliphatic heterocycles. The summed E-state index contributed by atoms with van der Waals surface area (Å²) in [5, 5.41) is 0. The van der Waals surface area contributed by atoms with Gasteiger partial charge in [0.25, 0.3) is 0 Å². The van der Waals surface area contributed by atoms with Crippen LogP contribution in [0.3, 0.4) is 0 Å². The van der Waals surface area contributed by atoms with E-state index in [2.05, 4.69) is 67.9 Å². The number of rotatable bonds is 2. The molecule has 1 rings (SSSR count). The molecule has 0 aliphatic carbocycles. The molecule has 0 saturated carbocycles. The summed E-state index contributed by atoms with van der Waals surface area (Å²) in [4.78, 5) is 0.547. The Morgan fingerprint density at radius 2 is 1.79 bits per heavy atom. The summed E-state index contributed by atoms with van der Waals surface area (Å²) in [5.74, 6) is 0. The topological polar surface area (TPSA) is 0 Å². The van der Waals surface area contributed by atoms with Crippen LogP contribution in [0.1, 0.15) is 38.8 Å². The standard InChI is InChI=1S/C13H19Br/c1-10(14)9-11-7-5-6-8-12(11)13(2,3)4/h5-8,10H,9H2,1-4H3. The van der Waals surface area contributed by atoms with Crippen molar-refractivity contribution < 1.29 is 0 Å². The molecule has 1 heteroatoms. The number of halogens is 1. The summed E-state index contributed by atoms with van der Waals surface area (Å²) < 4.78 is 0. The van der Waals surface area contributed by atoms with Crippen LogP contribution in [0.2, 0.25) is 0 Å². The van der Waals surface area contributed by atoms with Crippen LogP contribution < -0.4 is 0 Å². The summed E-state index contributed by atoms with van der Waals surface area (Å²) in [7, 11) is 0. The second-order valence-electron chi connectivity index (χ2n) is 4.89. The Kier molecular flexibility index (Phi) is 3.77. The predicted molar refractivity (Wildman–Crippen MR) is 67.2 cm³/mol. The molecular formula is C13H19Br.